The van der Waals surface area contributed by atoms with Gasteiger partial charge in [0.15, 0.2) is 6.29 Å². The minimum Gasteiger partial charge on any atom is -0.399 e. The zero-order chi connectivity index (χ0) is 14.8. The Bertz CT molecular complexity index is 465. The number of methoxy groups -OCH3 is 2. The summed E-state index contributed by atoms with van der Waals surface area (Å²) in [4.78, 5) is 12.5. The Balaban J connectivity index is 2.07. The molecule has 0 aliphatic heterocycles. The molecule has 0 spiro atoms. The molecule has 2 rings (SSSR count). The summed E-state index contributed by atoms with van der Waals surface area (Å²) >= 11 is 0. The SMILES string of the molecule is COC(OC)C(C)NC(=O)C1(c2ccc(N)cc2)CC1. The monoisotopic (exact) mass is 278 g/mol. The number of carbonyl (C=O) groups excluding carboxylic acids is 1. The molecule has 1 unspecified atom stereocenters. The van der Waals surface area contributed by atoms with Crippen molar-refractivity contribution < 1.29 is 14.3 Å². The molecule has 1 aliphatic carbocycles. The molecular weight excluding hydrogens is 256 g/mol. The van der Waals surface area contributed by atoms with Gasteiger partial charge in [-0.15, -0.1) is 0 Å². The fraction of sp³-hybridized carbons (Fsp3) is 0.533. The summed E-state index contributed by atoms with van der Waals surface area (Å²) in [5.74, 6) is 0.0221. The summed E-state index contributed by atoms with van der Waals surface area (Å²) in [5.41, 5.74) is 7.00. The van der Waals surface area contributed by atoms with E-state index in [0.717, 1.165) is 18.4 Å². The first kappa shape index (κ1) is 14.8. The average molecular weight is 278 g/mol. The van der Waals surface area contributed by atoms with Gasteiger partial charge in [0, 0.05) is 19.9 Å². The van der Waals surface area contributed by atoms with E-state index < -0.39 is 11.7 Å². The maximum absolute atomic E-state index is 12.5. The Morgan fingerprint density at radius 1 is 1.25 bits per heavy atom. The first-order valence-electron chi connectivity index (χ1n) is 6.76. The third-order valence-electron chi connectivity index (χ3n) is 3.88. The minimum absolute atomic E-state index is 0.0221. The quantitative estimate of drug-likeness (QED) is 0.610. The number of nitrogens with one attached hydrogen (secondary N) is 1. The van der Waals surface area contributed by atoms with Crippen molar-refractivity contribution in [2.24, 2.45) is 0 Å². The minimum atomic E-state index is -0.443. The summed E-state index contributed by atoms with van der Waals surface area (Å²) in [7, 11) is 3.12. The predicted octanol–water partition coefficient (Wildman–Crippen LogP) is 1.42. The van der Waals surface area contributed by atoms with Gasteiger partial charge in [0.2, 0.25) is 5.91 Å². The number of anilines is 1. The molecule has 1 aromatic rings. The number of benzene rings is 1. The summed E-state index contributed by atoms with van der Waals surface area (Å²) in [6.07, 6.45) is 1.28. The van der Waals surface area contributed by atoms with Crippen molar-refractivity contribution in [3.05, 3.63) is 29.8 Å². The first-order chi connectivity index (χ1) is 9.53. The second-order valence-corrected chi connectivity index (χ2v) is 5.31. The van der Waals surface area contributed by atoms with E-state index in [9.17, 15) is 4.79 Å². The Hall–Kier alpha value is -1.59. The van der Waals surface area contributed by atoms with E-state index in [1.807, 2.05) is 31.2 Å². The molecule has 5 nitrogen and oxygen atoms in total. The fourth-order valence-corrected chi connectivity index (χ4v) is 2.49. The van der Waals surface area contributed by atoms with Crippen molar-refractivity contribution in [1.29, 1.82) is 0 Å². The number of hydrogen-bond acceptors (Lipinski definition) is 4. The van der Waals surface area contributed by atoms with Gasteiger partial charge in [-0.3, -0.25) is 4.79 Å². The van der Waals surface area contributed by atoms with E-state index in [1.54, 1.807) is 14.2 Å². The molecule has 1 saturated carbocycles. The highest BCUT2D eigenvalue weighted by molar-refractivity contribution is 5.91. The lowest BCUT2D eigenvalue weighted by molar-refractivity contribution is -0.137. The maximum Gasteiger partial charge on any atom is 0.231 e. The summed E-state index contributed by atoms with van der Waals surface area (Å²) < 4.78 is 10.3. The number of nitrogens with two attached hydrogens (primary N) is 1. The largest absolute Gasteiger partial charge is 0.399 e. The smallest absolute Gasteiger partial charge is 0.231 e. The Kier molecular flexibility index (Phi) is 4.30. The van der Waals surface area contributed by atoms with Crippen LogP contribution in [0.5, 0.6) is 0 Å². The van der Waals surface area contributed by atoms with Gasteiger partial charge in [0.05, 0.1) is 11.5 Å². The van der Waals surface area contributed by atoms with Gasteiger partial charge in [-0.2, -0.15) is 0 Å². The molecule has 1 amide bonds. The van der Waals surface area contributed by atoms with Gasteiger partial charge < -0.3 is 20.5 Å². The number of amides is 1. The Labute approximate surface area is 119 Å². The Morgan fingerprint density at radius 2 is 1.80 bits per heavy atom. The van der Waals surface area contributed by atoms with E-state index >= 15 is 0 Å². The molecule has 20 heavy (non-hydrogen) atoms. The van der Waals surface area contributed by atoms with Gasteiger partial charge in [0.1, 0.15) is 0 Å². The van der Waals surface area contributed by atoms with Crippen LogP contribution in [0.15, 0.2) is 24.3 Å². The van der Waals surface area contributed by atoms with Crippen molar-refractivity contribution in [1.82, 2.24) is 5.32 Å². The van der Waals surface area contributed by atoms with Crippen molar-refractivity contribution in [3.8, 4) is 0 Å². The zero-order valence-electron chi connectivity index (χ0n) is 12.2. The lowest BCUT2D eigenvalue weighted by Gasteiger charge is -2.25. The zero-order valence-corrected chi connectivity index (χ0v) is 12.2. The molecule has 110 valence electrons. The van der Waals surface area contributed by atoms with Gasteiger partial charge in [0.25, 0.3) is 0 Å². The molecular formula is C15H22N2O3. The number of hydrogen-bond donors (Lipinski definition) is 2. The van der Waals surface area contributed by atoms with Gasteiger partial charge in [-0.05, 0) is 37.5 Å². The molecule has 0 bridgehead atoms. The van der Waals surface area contributed by atoms with Crippen molar-refractivity contribution in [2.45, 2.75) is 37.5 Å². The molecule has 3 N–H and O–H groups in total. The standard InChI is InChI=1S/C15H22N2O3/c1-10(13(19-2)20-3)17-14(18)15(8-9-15)11-4-6-12(16)7-5-11/h4-7,10,13H,8-9,16H2,1-3H3,(H,17,18). The molecule has 0 radical (unpaired) electrons. The van der Waals surface area contributed by atoms with Crippen LogP contribution in [0.3, 0.4) is 0 Å². The molecule has 1 aliphatic rings. The second kappa shape index (κ2) is 5.81. The number of carbonyl (C=O) groups is 1. The number of nitrogen functional groups attached to an aromatic ring is 1. The molecule has 0 heterocycles. The molecule has 0 saturated heterocycles. The first-order valence-corrected chi connectivity index (χ1v) is 6.76. The van der Waals surface area contributed by atoms with Crippen LogP contribution >= 0.6 is 0 Å². The average Bonchev–Trinajstić information content (AvgIpc) is 3.22. The maximum atomic E-state index is 12.5. The number of rotatable bonds is 6. The molecule has 0 aromatic heterocycles. The van der Waals surface area contributed by atoms with E-state index in [1.165, 1.54) is 0 Å². The van der Waals surface area contributed by atoms with E-state index in [0.29, 0.717) is 5.69 Å². The summed E-state index contributed by atoms with van der Waals surface area (Å²) in [5, 5.41) is 2.98. The molecule has 1 atom stereocenters. The molecule has 1 fully saturated rings. The lowest BCUT2D eigenvalue weighted by Crippen LogP contribution is -2.47. The highest BCUT2D eigenvalue weighted by Gasteiger charge is 2.51. The van der Waals surface area contributed by atoms with Crippen LogP contribution in [-0.4, -0.2) is 32.5 Å². The third-order valence-corrected chi connectivity index (χ3v) is 3.88. The summed E-state index contributed by atoms with van der Waals surface area (Å²) in [6.45, 7) is 1.87. The van der Waals surface area contributed by atoms with Crippen LogP contribution in [0.4, 0.5) is 5.69 Å². The van der Waals surface area contributed by atoms with Crippen LogP contribution in [-0.2, 0) is 19.7 Å². The molecule has 5 heteroatoms. The van der Waals surface area contributed by atoms with Gasteiger partial charge in [-0.1, -0.05) is 12.1 Å². The van der Waals surface area contributed by atoms with Gasteiger partial charge in [-0.25, -0.2) is 0 Å². The van der Waals surface area contributed by atoms with Crippen LogP contribution in [0.2, 0.25) is 0 Å². The van der Waals surface area contributed by atoms with Crippen LogP contribution in [0, 0.1) is 0 Å². The number of ether oxygens (including phenoxy) is 2. The van der Waals surface area contributed by atoms with Crippen molar-refractivity contribution in [3.63, 3.8) is 0 Å². The van der Waals surface area contributed by atoms with Crippen LogP contribution < -0.4 is 11.1 Å². The Morgan fingerprint density at radius 3 is 2.25 bits per heavy atom. The summed E-state index contributed by atoms with van der Waals surface area (Å²) in [6, 6.07) is 7.31. The van der Waals surface area contributed by atoms with E-state index in [4.69, 9.17) is 15.2 Å². The van der Waals surface area contributed by atoms with Crippen molar-refractivity contribution >= 4 is 11.6 Å². The van der Waals surface area contributed by atoms with E-state index in [2.05, 4.69) is 5.32 Å². The molecule has 1 aromatic carbocycles. The van der Waals surface area contributed by atoms with E-state index in [-0.39, 0.29) is 11.9 Å². The van der Waals surface area contributed by atoms with Crippen LogP contribution in [0.25, 0.3) is 0 Å². The normalized spacial score (nSPS) is 17.8. The second-order valence-electron chi connectivity index (χ2n) is 5.31. The van der Waals surface area contributed by atoms with Crippen molar-refractivity contribution in [2.75, 3.05) is 20.0 Å². The topological polar surface area (TPSA) is 73.6 Å². The third kappa shape index (κ3) is 2.78. The fourth-order valence-electron chi connectivity index (χ4n) is 2.49. The van der Waals surface area contributed by atoms with Crippen LogP contribution in [0.1, 0.15) is 25.3 Å². The highest BCUT2D eigenvalue weighted by Crippen LogP contribution is 2.48. The highest BCUT2D eigenvalue weighted by atomic mass is 16.7. The predicted molar refractivity (Wildman–Crippen MR) is 77.2 cm³/mol. The lowest BCUT2D eigenvalue weighted by atomic mass is 9.94. The van der Waals surface area contributed by atoms with Gasteiger partial charge >= 0.3 is 0 Å².